The van der Waals surface area contributed by atoms with E-state index in [4.69, 9.17) is 0 Å². The first kappa shape index (κ1) is 29.2. The van der Waals surface area contributed by atoms with Crippen molar-refractivity contribution in [3.8, 4) is 0 Å². The third-order valence-electron chi connectivity index (χ3n) is 8.39. The van der Waals surface area contributed by atoms with Crippen molar-refractivity contribution in [2.75, 3.05) is 5.75 Å². The van der Waals surface area contributed by atoms with E-state index in [-0.39, 0.29) is 23.7 Å². The molecule has 194 valence electrons. The van der Waals surface area contributed by atoms with Gasteiger partial charge in [-0.05, 0) is 90.9 Å². The molecule has 7 atom stereocenters. The van der Waals surface area contributed by atoms with Crippen molar-refractivity contribution in [1.29, 1.82) is 0 Å². The van der Waals surface area contributed by atoms with Crippen molar-refractivity contribution in [1.82, 2.24) is 0 Å². The number of aliphatic hydroxyl groups is 1. The number of benzene rings is 1. The maximum absolute atomic E-state index is 11.9. The Labute approximate surface area is 208 Å². The molecule has 0 saturated heterocycles. The summed E-state index contributed by atoms with van der Waals surface area (Å²) in [4.78, 5) is 0. The molecule has 6 heteroatoms. The van der Waals surface area contributed by atoms with E-state index in [1.807, 2.05) is 0 Å². The number of thiol groups is 1. The fraction of sp³-hybridized carbons (Fsp3) is 0.714. The summed E-state index contributed by atoms with van der Waals surface area (Å²) in [7, 11) is 0. The monoisotopic (exact) mass is 502 g/mol. The van der Waals surface area contributed by atoms with Gasteiger partial charge in [-0.25, -0.2) is 4.39 Å². The molecule has 0 aliphatic heterocycles. The fourth-order valence-corrected chi connectivity index (χ4v) is 6.97. The molecule has 0 spiro atoms. The van der Waals surface area contributed by atoms with E-state index in [0.29, 0.717) is 0 Å². The fourth-order valence-electron chi connectivity index (χ4n) is 6.79. The molecular formula is C28H42F4OS. The van der Waals surface area contributed by atoms with Crippen molar-refractivity contribution >= 4 is 12.6 Å². The van der Waals surface area contributed by atoms with E-state index in [1.54, 1.807) is 11.1 Å². The molecule has 0 aromatic heterocycles. The van der Waals surface area contributed by atoms with Crippen LogP contribution in [0.5, 0.6) is 0 Å². The van der Waals surface area contributed by atoms with Gasteiger partial charge in [0.1, 0.15) is 0 Å². The normalized spacial score (nSPS) is 32.6. The van der Waals surface area contributed by atoms with Crippen LogP contribution in [0.25, 0.3) is 0 Å². The third kappa shape index (κ3) is 6.40. The summed E-state index contributed by atoms with van der Waals surface area (Å²) in [6.45, 7) is 10.7. The van der Waals surface area contributed by atoms with Crippen molar-refractivity contribution in [3.05, 3.63) is 48.6 Å². The minimum atomic E-state index is -4.69. The molecule has 0 heterocycles. The molecule has 7 unspecified atom stereocenters. The predicted molar refractivity (Wildman–Crippen MR) is 136 cm³/mol. The second-order valence-electron chi connectivity index (χ2n) is 10.3. The maximum atomic E-state index is 11.9. The molecule has 0 amide bonds. The molecule has 0 bridgehead atoms. The molecule has 2 fully saturated rings. The van der Waals surface area contributed by atoms with Crippen molar-refractivity contribution in [3.63, 3.8) is 0 Å². The van der Waals surface area contributed by atoms with Crippen molar-refractivity contribution in [2.45, 2.75) is 96.0 Å². The maximum Gasteiger partial charge on any atom is 0.419 e. The number of hydrogen-bond acceptors (Lipinski definition) is 2. The van der Waals surface area contributed by atoms with E-state index in [0.717, 1.165) is 30.1 Å². The molecule has 1 nitrogen and oxygen atoms in total. The van der Waals surface area contributed by atoms with Crippen LogP contribution in [0.2, 0.25) is 0 Å². The van der Waals surface area contributed by atoms with Gasteiger partial charge in [-0.2, -0.15) is 25.8 Å². The number of aliphatic hydroxyl groups excluding tert-OH is 1. The minimum absolute atomic E-state index is 0.0575. The number of halogens is 4. The Balaban J connectivity index is 0.000000290. The van der Waals surface area contributed by atoms with Crippen molar-refractivity contribution in [2.24, 2.45) is 23.2 Å². The van der Waals surface area contributed by atoms with Gasteiger partial charge in [0.2, 0.25) is 0 Å². The van der Waals surface area contributed by atoms with Crippen LogP contribution in [0.1, 0.15) is 82.3 Å². The van der Waals surface area contributed by atoms with Gasteiger partial charge in [-0.1, -0.05) is 51.0 Å². The highest BCUT2D eigenvalue weighted by Gasteiger charge is 2.56. The first-order valence-corrected chi connectivity index (χ1v) is 13.3. The Hall–Kier alpha value is -1.01. The van der Waals surface area contributed by atoms with Gasteiger partial charge in [0.15, 0.2) is 6.17 Å². The summed E-state index contributed by atoms with van der Waals surface area (Å²) in [5, 5.41) is 10.6. The Morgan fingerprint density at radius 3 is 2.47 bits per heavy atom. The van der Waals surface area contributed by atoms with E-state index in [1.165, 1.54) is 38.5 Å². The smallest absolute Gasteiger partial charge is 0.393 e. The Bertz CT molecular complexity index is 754. The number of hydrogen-bond donors (Lipinski definition) is 2. The average molecular weight is 503 g/mol. The second-order valence-corrected chi connectivity index (χ2v) is 10.7. The van der Waals surface area contributed by atoms with Gasteiger partial charge in [-0.3, -0.25) is 0 Å². The SMILES string of the molecule is C=C.CCCC1Cc2ccccc2C2CCC3(C)C(O)CCC3C12.FC(CCCS)C(F)(F)F. The third-order valence-corrected chi connectivity index (χ3v) is 8.71. The second kappa shape index (κ2) is 12.8. The van der Waals surface area contributed by atoms with Gasteiger partial charge in [0, 0.05) is 0 Å². The van der Waals surface area contributed by atoms with Crippen molar-refractivity contribution < 1.29 is 22.7 Å². The quantitative estimate of drug-likeness (QED) is 0.236. The Morgan fingerprint density at radius 2 is 1.85 bits per heavy atom. The summed E-state index contributed by atoms with van der Waals surface area (Å²) in [6, 6.07) is 9.20. The summed E-state index contributed by atoms with van der Waals surface area (Å²) in [6.07, 6.45) is 0.955. The molecular weight excluding hydrogens is 460 g/mol. The molecule has 1 aromatic rings. The Kier molecular flexibility index (Phi) is 11.0. The van der Waals surface area contributed by atoms with E-state index >= 15 is 0 Å². The Morgan fingerprint density at radius 1 is 1.18 bits per heavy atom. The lowest BCUT2D eigenvalue weighted by Gasteiger charge is -2.53. The summed E-state index contributed by atoms with van der Waals surface area (Å²) in [5.74, 6) is 3.43. The zero-order chi connectivity index (χ0) is 25.5. The number of alkyl halides is 4. The molecule has 1 aromatic carbocycles. The highest BCUT2D eigenvalue weighted by atomic mass is 32.1. The zero-order valence-corrected chi connectivity index (χ0v) is 21.6. The van der Waals surface area contributed by atoms with E-state index in [9.17, 15) is 22.7 Å². The molecule has 34 heavy (non-hydrogen) atoms. The van der Waals surface area contributed by atoms with Crippen LogP contribution in [0.15, 0.2) is 37.4 Å². The zero-order valence-electron chi connectivity index (χ0n) is 20.7. The van der Waals surface area contributed by atoms with Crippen LogP contribution < -0.4 is 0 Å². The average Bonchev–Trinajstić information content (AvgIpc) is 3.13. The number of fused-ring (bicyclic) bond motifs is 5. The molecule has 4 rings (SSSR count). The van der Waals surface area contributed by atoms with Crippen LogP contribution in [-0.4, -0.2) is 29.3 Å². The standard InChI is InChI=1S/C21H30O.C5H8F4S.C2H4/c1-3-6-15-13-14-7-4-5-8-16(14)17-11-12-21(2)18(20(15)17)9-10-19(21)22;6-4(2-1-3-10)5(7,8)9;1-2/h4-5,7-8,15,17-20,22H,3,6,9-13H2,1-2H3;4,10H,1-3H2;1-2H2. The van der Waals surface area contributed by atoms with Crippen LogP contribution in [0, 0.1) is 23.2 Å². The van der Waals surface area contributed by atoms with Gasteiger partial charge in [-0.15, -0.1) is 13.2 Å². The minimum Gasteiger partial charge on any atom is -0.393 e. The van der Waals surface area contributed by atoms with E-state index < -0.39 is 18.8 Å². The molecule has 3 aliphatic carbocycles. The van der Waals surface area contributed by atoms with Gasteiger partial charge < -0.3 is 5.11 Å². The van der Waals surface area contributed by atoms with E-state index in [2.05, 4.69) is 63.9 Å². The lowest BCUT2D eigenvalue weighted by molar-refractivity contribution is -0.181. The highest BCUT2D eigenvalue weighted by Crippen LogP contribution is 2.62. The number of rotatable bonds is 5. The summed E-state index contributed by atoms with van der Waals surface area (Å²) < 4.78 is 46.1. The van der Waals surface area contributed by atoms with Crippen LogP contribution in [0.3, 0.4) is 0 Å². The first-order valence-electron chi connectivity index (χ1n) is 12.7. The topological polar surface area (TPSA) is 20.2 Å². The first-order chi connectivity index (χ1) is 16.1. The predicted octanol–water partition coefficient (Wildman–Crippen LogP) is 8.33. The summed E-state index contributed by atoms with van der Waals surface area (Å²) in [5.41, 5.74) is 3.45. The lowest BCUT2D eigenvalue weighted by Crippen LogP contribution is -2.47. The van der Waals surface area contributed by atoms with Crippen LogP contribution in [0.4, 0.5) is 17.6 Å². The molecule has 3 aliphatic rings. The molecule has 2 saturated carbocycles. The summed E-state index contributed by atoms with van der Waals surface area (Å²) >= 11 is 3.66. The molecule has 1 N–H and O–H groups in total. The van der Waals surface area contributed by atoms with Gasteiger partial charge >= 0.3 is 6.18 Å². The largest absolute Gasteiger partial charge is 0.419 e. The lowest BCUT2D eigenvalue weighted by atomic mass is 9.52. The molecule has 0 radical (unpaired) electrons. The van der Waals surface area contributed by atoms with Gasteiger partial charge in [0.05, 0.1) is 6.10 Å². The van der Waals surface area contributed by atoms with Crippen LogP contribution >= 0.6 is 12.6 Å². The highest BCUT2D eigenvalue weighted by molar-refractivity contribution is 7.80. The van der Waals surface area contributed by atoms with Gasteiger partial charge in [0.25, 0.3) is 0 Å². The van der Waals surface area contributed by atoms with Crippen LogP contribution in [-0.2, 0) is 6.42 Å².